The summed E-state index contributed by atoms with van der Waals surface area (Å²) in [6, 6.07) is 11.1. The Morgan fingerprint density at radius 2 is 1.90 bits per heavy atom. The second-order valence-electron chi connectivity index (χ2n) is 14.2. The highest BCUT2D eigenvalue weighted by molar-refractivity contribution is 7.75. The fourth-order valence-corrected chi connectivity index (χ4v) is 9.19. The van der Waals surface area contributed by atoms with Crippen LogP contribution in [0.3, 0.4) is 0 Å². The Hall–Kier alpha value is -3.12. The molecule has 3 amide bonds. The lowest BCUT2D eigenvalue weighted by Crippen LogP contribution is -2.47. The largest absolute Gasteiger partial charge is 0.491 e. The van der Waals surface area contributed by atoms with E-state index in [0.717, 1.165) is 49.4 Å². The van der Waals surface area contributed by atoms with Gasteiger partial charge in [0.25, 0.3) is 5.91 Å². The van der Waals surface area contributed by atoms with Gasteiger partial charge in [-0.1, -0.05) is 36.7 Å². The Bertz CT molecular complexity index is 1670. The molecule has 10 nitrogen and oxygen atoms in total. The van der Waals surface area contributed by atoms with E-state index in [1.165, 1.54) is 11.1 Å². The van der Waals surface area contributed by atoms with Crippen molar-refractivity contribution in [1.29, 1.82) is 0 Å². The smallest absolute Gasteiger partial charge is 0.313 e. The van der Waals surface area contributed by atoms with Crippen molar-refractivity contribution >= 4 is 39.8 Å². The number of hydrogen-bond acceptors (Lipinski definition) is 8. The van der Waals surface area contributed by atoms with E-state index in [1.807, 2.05) is 25.1 Å². The predicted octanol–water partition coefficient (Wildman–Crippen LogP) is 6.26. The molecule has 3 heterocycles. The number of carbonyl (C=O) groups excluding carboxylic acids is 2. The molecule has 2 saturated carbocycles. The van der Waals surface area contributed by atoms with Crippen LogP contribution in [0.5, 0.6) is 5.75 Å². The highest BCUT2D eigenvalue weighted by atomic mass is 35.5. The van der Waals surface area contributed by atoms with Gasteiger partial charge in [0.05, 0.1) is 31.6 Å². The van der Waals surface area contributed by atoms with Crippen LogP contribution in [0.4, 0.5) is 10.5 Å². The molecule has 2 bridgehead atoms. The van der Waals surface area contributed by atoms with Gasteiger partial charge in [-0.05, 0) is 103 Å². The number of methoxy groups -OCH3 is 1. The lowest BCUT2D eigenvalue weighted by Gasteiger charge is -2.43. The number of aryl methyl sites for hydroxylation is 1. The summed E-state index contributed by atoms with van der Waals surface area (Å²) in [7, 11) is -0.293. The molecule has 2 N–H and O–H groups in total. The first-order chi connectivity index (χ1) is 23.8. The number of amides is 3. The van der Waals surface area contributed by atoms with Gasteiger partial charge in [-0.3, -0.25) is 4.79 Å². The van der Waals surface area contributed by atoms with Crippen LogP contribution in [0, 0.1) is 29.6 Å². The summed E-state index contributed by atoms with van der Waals surface area (Å²) >= 11 is 6.45. The molecule has 0 aromatic heterocycles. The monoisotopic (exact) mass is 709 g/mol. The minimum absolute atomic E-state index is 0.0516. The first kappa shape index (κ1) is 34.3. The van der Waals surface area contributed by atoms with E-state index in [-0.39, 0.29) is 18.1 Å². The summed E-state index contributed by atoms with van der Waals surface area (Å²) in [4.78, 5) is 29.2. The maximum atomic E-state index is 13.8. The van der Waals surface area contributed by atoms with Crippen LogP contribution in [-0.4, -0.2) is 62.9 Å². The quantitative estimate of drug-likeness (QED) is 0.286. The first-order valence-electron chi connectivity index (χ1n) is 17.6. The highest BCUT2D eigenvalue weighted by Crippen LogP contribution is 2.44. The van der Waals surface area contributed by atoms with Crippen molar-refractivity contribution in [2.24, 2.45) is 34.0 Å². The number of benzene rings is 2. The average molecular weight is 710 g/mol. The summed E-state index contributed by atoms with van der Waals surface area (Å²) in [6.45, 7) is 5.12. The molecule has 1 saturated heterocycles. The SMILES string of the molecule is CO[C@H]1/C=C/C[C@H](C)C(NC(=O)NC2[C@H]3COC[C@@H]23)[S-](=O)=NC(=O)c2ccc3c(c2)N(Cc2ccc(Cl)cc2CCCCO3)C[C@@H]2CC[C@H]21. The summed E-state index contributed by atoms with van der Waals surface area (Å²) in [5, 5.41) is 5.76. The minimum atomic E-state index is -2.04. The second kappa shape index (κ2) is 15.0. The Kier molecular flexibility index (Phi) is 10.5. The number of allylic oxidation sites excluding steroid dienone is 1. The van der Waals surface area contributed by atoms with Crippen LogP contribution >= 0.6 is 11.6 Å². The second-order valence-corrected chi connectivity index (χ2v) is 15.9. The average Bonchev–Trinajstić information content (AvgIpc) is 3.46. The molecule has 264 valence electrons. The number of halogens is 1. The lowest BCUT2D eigenvalue weighted by molar-refractivity contribution is 0.0133. The molecule has 2 aromatic rings. The molecule has 3 aliphatic heterocycles. The van der Waals surface area contributed by atoms with Gasteiger partial charge in [0.2, 0.25) is 0 Å². The Morgan fingerprint density at radius 3 is 2.67 bits per heavy atom. The van der Waals surface area contributed by atoms with Crippen molar-refractivity contribution in [3.05, 3.63) is 70.3 Å². The molecule has 2 aromatic carbocycles. The van der Waals surface area contributed by atoms with Crippen LogP contribution in [0.25, 0.3) is 0 Å². The van der Waals surface area contributed by atoms with Gasteiger partial charge >= 0.3 is 6.03 Å². The van der Waals surface area contributed by atoms with E-state index >= 15 is 0 Å². The van der Waals surface area contributed by atoms with Crippen molar-refractivity contribution < 1.29 is 28.0 Å². The maximum Gasteiger partial charge on any atom is 0.313 e. The molecule has 3 fully saturated rings. The number of carbonyl (C=O) groups is 2. The molecule has 2 unspecified atom stereocenters. The number of nitrogens with zero attached hydrogens (tertiary/aromatic N) is 2. The predicted molar refractivity (Wildman–Crippen MR) is 189 cm³/mol. The number of ether oxygens (including phenoxy) is 3. The van der Waals surface area contributed by atoms with Gasteiger partial charge in [0.1, 0.15) is 5.75 Å². The zero-order valence-corrected chi connectivity index (χ0v) is 29.7. The molecule has 8 atom stereocenters. The molecular weight excluding hydrogens is 664 g/mol. The molecule has 12 heteroatoms. The van der Waals surface area contributed by atoms with Crippen molar-refractivity contribution in [1.82, 2.24) is 10.6 Å². The van der Waals surface area contributed by atoms with Gasteiger partial charge < -0.3 is 38.3 Å². The number of rotatable bonds is 3. The zero-order valence-electron chi connectivity index (χ0n) is 28.1. The van der Waals surface area contributed by atoms with Gasteiger partial charge in [0, 0.05) is 48.7 Å². The molecule has 49 heavy (non-hydrogen) atoms. The van der Waals surface area contributed by atoms with E-state index in [0.29, 0.717) is 67.8 Å². The fourth-order valence-electron chi connectivity index (χ4n) is 7.90. The standard InChI is InChI=1S/C37H46ClN4O6S/c1-22-6-5-8-32(46-2)28-13-10-26(28)19-42-18-25-9-12-27(38)16-23(25)7-3-4-15-48-33-14-11-24(17-31(33)42)35(43)41-49(45)36(22)40-37(44)39-34-29-20-47-21-30(29)34/h5,8-9,11-12,14,16-17,22,26,28-30,32,34,36H,3-4,6-7,10,13,15,18-21H2,1-2H3,(H2,39,40,44)/q-1/b8-5+/t22-,26-,28+,29-,30+,32-,34?,36?/m0/s1. The molecule has 0 spiro atoms. The number of anilines is 1. The Balaban J connectivity index is 1.24. The third-order valence-electron chi connectivity index (χ3n) is 11.1. The van der Waals surface area contributed by atoms with E-state index in [2.05, 4.69) is 44.2 Å². The van der Waals surface area contributed by atoms with Crippen LogP contribution in [0.1, 0.15) is 60.5 Å². The van der Waals surface area contributed by atoms with E-state index in [1.54, 1.807) is 13.2 Å². The van der Waals surface area contributed by atoms with Crippen LogP contribution in [-0.2, 0) is 37.2 Å². The van der Waals surface area contributed by atoms with Crippen LogP contribution < -0.4 is 20.3 Å². The maximum absolute atomic E-state index is 13.8. The fraction of sp³-hybridized carbons (Fsp3) is 0.568. The number of urea groups is 1. The number of fused-ring (bicyclic) bond motifs is 4. The van der Waals surface area contributed by atoms with Gasteiger partial charge in [0.15, 0.2) is 0 Å². The number of hydrogen-bond donors (Lipinski definition) is 2. The summed E-state index contributed by atoms with van der Waals surface area (Å²) in [6.07, 6.45) is 9.47. The van der Waals surface area contributed by atoms with Crippen molar-refractivity contribution in [2.45, 2.75) is 69.5 Å². The molecular formula is C37H46ClN4O6S-. The summed E-state index contributed by atoms with van der Waals surface area (Å²) in [5.74, 6) is 1.16. The Morgan fingerprint density at radius 1 is 1.06 bits per heavy atom. The zero-order chi connectivity index (χ0) is 34.1. The van der Waals surface area contributed by atoms with Gasteiger partial charge in [-0.2, -0.15) is 10.6 Å². The van der Waals surface area contributed by atoms with E-state index < -0.39 is 27.9 Å². The Labute approximate surface area is 295 Å². The third-order valence-corrected chi connectivity index (χ3v) is 12.7. The van der Waals surface area contributed by atoms with Crippen molar-refractivity contribution in [2.75, 3.05) is 38.4 Å². The lowest BCUT2D eigenvalue weighted by atomic mass is 9.70. The summed E-state index contributed by atoms with van der Waals surface area (Å²) in [5.41, 5.74) is 3.54. The van der Waals surface area contributed by atoms with E-state index in [4.69, 9.17) is 25.8 Å². The third kappa shape index (κ3) is 7.65. The van der Waals surface area contributed by atoms with Crippen LogP contribution in [0.15, 0.2) is 52.9 Å². The highest BCUT2D eigenvalue weighted by Gasteiger charge is 2.54. The van der Waals surface area contributed by atoms with Gasteiger partial charge in [-0.25, -0.2) is 4.79 Å². The van der Waals surface area contributed by atoms with Gasteiger partial charge in [-0.15, -0.1) is 0 Å². The topological polar surface area (TPSA) is 119 Å². The van der Waals surface area contributed by atoms with Crippen molar-refractivity contribution in [3.8, 4) is 5.75 Å². The van der Waals surface area contributed by atoms with E-state index in [9.17, 15) is 13.8 Å². The normalized spacial score (nSPS) is 32.5. The number of nitrogens with one attached hydrogen (secondary N) is 2. The molecule has 5 aliphatic rings. The van der Waals surface area contributed by atoms with Crippen LogP contribution in [0.2, 0.25) is 5.02 Å². The summed E-state index contributed by atoms with van der Waals surface area (Å²) < 4.78 is 35.8. The molecule has 0 radical (unpaired) electrons. The molecule has 2 aliphatic carbocycles. The molecule has 7 rings (SSSR count). The minimum Gasteiger partial charge on any atom is -0.491 e. The first-order valence-corrected chi connectivity index (χ1v) is 19.1. The van der Waals surface area contributed by atoms with Crippen molar-refractivity contribution in [3.63, 3.8) is 0 Å².